The number of hydrogen-bond acceptors (Lipinski definition) is 4. The second-order valence-electron chi connectivity index (χ2n) is 6.95. The first-order valence-electron chi connectivity index (χ1n) is 9.15. The standard InChI is InChI=1S/C19H34N4/c1-22(2)13-4-3-11-21-12-7-8-17-9-10-19(18(20)16-17)23-14-5-6-15-23/h9-10,16,21H,3-8,11-15,20H2,1-2H3. The number of anilines is 2. The average Bonchev–Trinajstić information content (AvgIpc) is 3.04. The van der Waals surface area contributed by atoms with Crippen molar-refractivity contribution in [1.82, 2.24) is 10.2 Å². The first-order chi connectivity index (χ1) is 11.2. The Balaban J connectivity index is 1.61. The van der Waals surface area contributed by atoms with Crippen LogP contribution >= 0.6 is 0 Å². The topological polar surface area (TPSA) is 44.5 Å². The molecular weight excluding hydrogens is 284 g/mol. The maximum Gasteiger partial charge on any atom is 0.0600 e. The van der Waals surface area contributed by atoms with Crippen molar-refractivity contribution in [3.8, 4) is 0 Å². The first-order valence-corrected chi connectivity index (χ1v) is 9.15. The molecule has 0 saturated carbocycles. The van der Waals surface area contributed by atoms with Crippen LogP contribution < -0.4 is 16.0 Å². The van der Waals surface area contributed by atoms with Crippen LogP contribution in [0.3, 0.4) is 0 Å². The quantitative estimate of drug-likeness (QED) is 0.514. The van der Waals surface area contributed by atoms with E-state index < -0.39 is 0 Å². The number of nitrogens with one attached hydrogen (secondary N) is 1. The van der Waals surface area contributed by atoms with Crippen molar-refractivity contribution in [1.29, 1.82) is 0 Å². The van der Waals surface area contributed by atoms with E-state index in [4.69, 9.17) is 5.73 Å². The summed E-state index contributed by atoms with van der Waals surface area (Å²) in [5, 5.41) is 3.54. The van der Waals surface area contributed by atoms with Crippen molar-refractivity contribution in [2.75, 3.05) is 57.5 Å². The van der Waals surface area contributed by atoms with Crippen molar-refractivity contribution in [2.24, 2.45) is 0 Å². The summed E-state index contributed by atoms with van der Waals surface area (Å²) in [6.07, 6.45) is 7.40. The third kappa shape index (κ3) is 6.40. The largest absolute Gasteiger partial charge is 0.397 e. The molecule has 0 bridgehead atoms. The van der Waals surface area contributed by atoms with Crippen LogP contribution in [0.2, 0.25) is 0 Å². The molecule has 1 aromatic carbocycles. The Morgan fingerprint density at radius 1 is 1.09 bits per heavy atom. The molecule has 0 atom stereocenters. The highest BCUT2D eigenvalue weighted by molar-refractivity contribution is 5.68. The summed E-state index contributed by atoms with van der Waals surface area (Å²) in [5.41, 5.74) is 9.78. The van der Waals surface area contributed by atoms with Gasteiger partial charge in [-0.15, -0.1) is 0 Å². The molecule has 3 N–H and O–H groups in total. The number of benzene rings is 1. The van der Waals surface area contributed by atoms with Gasteiger partial charge in [0, 0.05) is 13.1 Å². The lowest BCUT2D eigenvalue weighted by molar-refractivity contribution is 0.391. The summed E-state index contributed by atoms with van der Waals surface area (Å²) in [6.45, 7) is 5.71. The molecule has 1 aliphatic heterocycles. The molecule has 0 aliphatic carbocycles. The van der Waals surface area contributed by atoms with Gasteiger partial charge in [-0.05, 0) is 90.0 Å². The first kappa shape index (κ1) is 18.1. The second kappa shape index (κ2) is 9.78. The maximum atomic E-state index is 6.25. The Kier molecular flexibility index (Phi) is 7.69. The van der Waals surface area contributed by atoms with E-state index in [0.29, 0.717) is 0 Å². The van der Waals surface area contributed by atoms with E-state index in [0.717, 1.165) is 38.3 Å². The third-order valence-electron chi connectivity index (χ3n) is 4.57. The van der Waals surface area contributed by atoms with E-state index in [1.165, 1.54) is 49.9 Å². The van der Waals surface area contributed by atoms with E-state index in [2.05, 4.69) is 47.4 Å². The Morgan fingerprint density at radius 2 is 1.83 bits per heavy atom. The number of nitrogens with zero attached hydrogens (tertiary/aromatic N) is 2. The zero-order chi connectivity index (χ0) is 16.5. The number of hydrogen-bond donors (Lipinski definition) is 2. The lowest BCUT2D eigenvalue weighted by Crippen LogP contribution is -2.20. The summed E-state index contributed by atoms with van der Waals surface area (Å²) >= 11 is 0. The SMILES string of the molecule is CN(C)CCCCNCCCc1ccc(N2CCCC2)c(N)c1. The van der Waals surface area contributed by atoms with Crippen LogP contribution in [0.15, 0.2) is 18.2 Å². The van der Waals surface area contributed by atoms with Crippen LogP contribution in [0.5, 0.6) is 0 Å². The molecule has 1 fully saturated rings. The Hall–Kier alpha value is -1.26. The average molecular weight is 319 g/mol. The van der Waals surface area contributed by atoms with E-state index in [1.54, 1.807) is 0 Å². The molecule has 4 heteroatoms. The van der Waals surface area contributed by atoms with Crippen LogP contribution in [0.4, 0.5) is 11.4 Å². The van der Waals surface area contributed by atoms with Gasteiger partial charge in [0.15, 0.2) is 0 Å². The minimum Gasteiger partial charge on any atom is -0.397 e. The van der Waals surface area contributed by atoms with Gasteiger partial charge in [0.05, 0.1) is 11.4 Å². The molecule has 0 spiro atoms. The number of unbranched alkanes of at least 4 members (excludes halogenated alkanes) is 1. The lowest BCUT2D eigenvalue weighted by atomic mass is 10.1. The Morgan fingerprint density at radius 3 is 2.52 bits per heavy atom. The van der Waals surface area contributed by atoms with Crippen LogP contribution in [0, 0.1) is 0 Å². The van der Waals surface area contributed by atoms with Crippen molar-refractivity contribution in [3.63, 3.8) is 0 Å². The van der Waals surface area contributed by atoms with Gasteiger partial charge in [-0.2, -0.15) is 0 Å². The highest BCUT2D eigenvalue weighted by atomic mass is 15.1. The molecule has 1 heterocycles. The van der Waals surface area contributed by atoms with Crippen LogP contribution in [-0.4, -0.2) is 51.7 Å². The van der Waals surface area contributed by atoms with Gasteiger partial charge < -0.3 is 20.9 Å². The predicted molar refractivity (Wildman–Crippen MR) is 101 cm³/mol. The number of rotatable bonds is 10. The van der Waals surface area contributed by atoms with Gasteiger partial charge in [0.1, 0.15) is 0 Å². The van der Waals surface area contributed by atoms with E-state index in [1.807, 2.05) is 0 Å². The lowest BCUT2D eigenvalue weighted by Gasteiger charge is -2.20. The molecule has 130 valence electrons. The number of aryl methyl sites for hydroxylation is 1. The van der Waals surface area contributed by atoms with Gasteiger partial charge in [-0.25, -0.2) is 0 Å². The van der Waals surface area contributed by atoms with E-state index in [-0.39, 0.29) is 0 Å². The molecule has 23 heavy (non-hydrogen) atoms. The van der Waals surface area contributed by atoms with Gasteiger partial charge >= 0.3 is 0 Å². The summed E-state index contributed by atoms with van der Waals surface area (Å²) < 4.78 is 0. The van der Waals surface area contributed by atoms with Crippen LogP contribution in [0.25, 0.3) is 0 Å². The Bertz CT molecular complexity index is 453. The van der Waals surface area contributed by atoms with Gasteiger partial charge in [0.25, 0.3) is 0 Å². The van der Waals surface area contributed by atoms with Gasteiger partial charge in [-0.1, -0.05) is 6.07 Å². The molecule has 0 unspecified atom stereocenters. The van der Waals surface area contributed by atoms with Crippen LogP contribution in [-0.2, 0) is 6.42 Å². The van der Waals surface area contributed by atoms with E-state index in [9.17, 15) is 0 Å². The minimum atomic E-state index is 0.945. The van der Waals surface area contributed by atoms with Crippen molar-refractivity contribution < 1.29 is 0 Å². The van der Waals surface area contributed by atoms with Crippen molar-refractivity contribution in [2.45, 2.75) is 38.5 Å². The Labute approximate surface area is 142 Å². The highest BCUT2D eigenvalue weighted by Crippen LogP contribution is 2.27. The van der Waals surface area contributed by atoms with Gasteiger partial charge in [-0.3, -0.25) is 0 Å². The second-order valence-corrected chi connectivity index (χ2v) is 6.95. The molecule has 4 nitrogen and oxygen atoms in total. The molecule has 1 saturated heterocycles. The molecular formula is C19H34N4. The fourth-order valence-electron chi connectivity index (χ4n) is 3.23. The summed E-state index contributed by atoms with van der Waals surface area (Å²) in [6, 6.07) is 6.64. The summed E-state index contributed by atoms with van der Waals surface area (Å²) in [5.74, 6) is 0. The van der Waals surface area contributed by atoms with Crippen molar-refractivity contribution >= 4 is 11.4 Å². The third-order valence-corrected chi connectivity index (χ3v) is 4.57. The van der Waals surface area contributed by atoms with Gasteiger partial charge in [0.2, 0.25) is 0 Å². The maximum absolute atomic E-state index is 6.25. The number of nitrogens with two attached hydrogens (primary N) is 1. The fraction of sp³-hybridized carbons (Fsp3) is 0.684. The smallest absolute Gasteiger partial charge is 0.0600 e. The molecule has 2 rings (SSSR count). The van der Waals surface area contributed by atoms with Crippen molar-refractivity contribution in [3.05, 3.63) is 23.8 Å². The minimum absolute atomic E-state index is 0.945. The predicted octanol–water partition coefficient (Wildman–Crippen LogP) is 2.73. The zero-order valence-corrected chi connectivity index (χ0v) is 15.0. The van der Waals surface area contributed by atoms with Crippen LogP contribution in [0.1, 0.15) is 37.7 Å². The summed E-state index contributed by atoms with van der Waals surface area (Å²) in [7, 11) is 4.27. The fourth-order valence-corrected chi connectivity index (χ4v) is 3.23. The van der Waals surface area contributed by atoms with E-state index >= 15 is 0 Å². The monoisotopic (exact) mass is 318 g/mol. The normalized spacial score (nSPS) is 14.8. The summed E-state index contributed by atoms with van der Waals surface area (Å²) in [4.78, 5) is 4.66. The molecule has 1 aromatic rings. The molecule has 0 radical (unpaired) electrons. The zero-order valence-electron chi connectivity index (χ0n) is 15.0. The molecule has 0 amide bonds. The molecule has 0 aromatic heterocycles. The highest BCUT2D eigenvalue weighted by Gasteiger charge is 2.14. The number of nitrogen functional groups attached to an aromatic ring is 1. The molecule has 1 aliphatic rings.